The molecule has 0 heterocycles. The van der Waals surface area contributed by atoms with Crippen LogP contribution >= 0.6 is 37.9 Å². The zero-order valence-corrected chi connectivity index (χ0v) is 20.4. The third-order valence-corrected chi connectivity index (χ3v) is 6.13. The van der Waals surface area contributed by atoms with Gasteiger partial charge in [0.15, 0.2) is 0 Å². The maximum Gasteiger partial charge on any atom is 0.306 e. The third kappa shape index (κ3) is 12.6. The first-order chi connectivity index (χ1) is 14.6. The van der Waals surface area contributed by atoms with E-state index in [1.807, 2.05) is 0 Å². The Bertz CT molecular complexity index is 686. The number of hydrogen-bond acceptors (Lipinski definition) is 13. The zero-order chi connectivity index (χ0) is 23.9. The molecule has 0 bridgehead atoms. The summed E-state index contributed by atoms with van der Waals surface area (Å²) in [6, 6.07) is 0. The SMILES string of the molecule is O=C(CCS)OCC(CO)(COC(=O)CCS)COC(=O)CCS(=O)(=O)C(=O)CCS. The average Bonchev–Trinajstić information content (AvgIpc) is 2.72. The molecule has 0 aromatic rings. The maximum atomic E-state index is 12.0. The Hall–Kier alpha value is -0.960. The average molecular weight is 521 g/mol. The summed E-state index contributed by atoms with van der Waals surface area (Å²) in [5, 5.41) is 8.79. The summed E-state index contributed by atoms with van der Waals surface area (Å²) in [5.74, 6) is -2.40. The number of aliphatic hydroxyl groups excluding tert-OH is 1. The Morgan fingerprint density at radius 1 is 0.710 bits per heavy atom. The van der Waals surface area contributed by atoms with Crippen molar-refractivity contribution in [3.8, 4) is 0 Å². The Labute approximate surface area is 197 Å². The second kappa shape index (κ2) is 15.8. The van der Waals surface area contributed by atoms with Gasteiger partial charge in [0.1, 0.15) is 19.8 Å². The first kappa shape index (κ1) is 30.0. The Kier molecular flexibility index (Phi) is 15.3. The third-order valence-electron chi connectivity index (χ3n) is 3.82. The Morgan fingerprint density at radius 2 is 1.10 bits per heavy atom. The number of carbonyl (C=O) groups is 4. The quantitative estimate of drug-likeness (QED) is 0.123. The van der Waals surface area contributed by atoms with Crippen molar-refractivity contribution >= 4 is 70.7 Å². The van der Waals surface area contributed by atoms with E-state index in [1.165, 1.54) is 0 Å². The van der Waals surface area contributed by atoms with Crippen LogP contribution in [0.1, 0.15) is 25.7 Å². The van der Waals surface area contributed by atoms with Crippen molar-refractivity contribution in [2.45, 2.75) is 25.7 Å². The van der Waals surface area contributed by atoms with E-state index in [9.17, 15) is 32.7 Å². The number of sulfone groups is 1. The summed E-state index contributed by atoms with van der Waals surface area (Å²) < 4.78 is 38.7. The molecule has 10 nitrogen and oxygen atoms in total. The van der Waals surface area contributed by atoms with Gasteiger partial charge in [-0.3, -0.25) is 19.2 Å². The van der Waals surface area contributed by atoms with Gasteiger partial charge < -0.3 is 19.3 Å². The highest BCUT2D eigenvalue weighted by atomic mass is 32.2. The van der Waals surface area contributed by atoms with Crippen molar-refractivity contribution in [2.75, 3.05) is 49.4 Å². The van der Waals surface area contributed by atoms with Crippen LogP contribution < -0.4 is 0 Å². The lowest BCUT2D eigenvalue weighted by molar-refractivity contribution is -0.164. The number of esters is 3. The first-order valence-corrected chi connectivity index (χ1v) is 12.8. The van der Waals surface area contributed by atoms with E-state index in [2.05, 4.69) is 37.9 Å². The van der Waals surface area contributed by atoms with Crippen molar-refractivity contribution < 1.29 is 46.9 Å². The molecule has 0 aromatic heterocycles. The largest absolute Gasteiger partial charge is 0.465 e. The molecule has 0 unspecified atom stereocenters. The summed E-state index contributed by atoms with van der Waals surface area (Å²) in [7, 11) is -4.12. The molecule has 14 heteroatoms. The molecular weight excluding hydrogens is 492 g/mol. The molecule has 0 aromatic carbocycles. The number of rotatable bonds is 16. The van der Waals surface area contributed by atoms with Crippen LogP contribution in [0.15, 0.2) is 0 Å². The van der Waals surface area contributed by atoms with Gasteiger partial charge in [0.25, 0.3) is 0 Å². The molecule has 0 amide bonds. The lowest BCUT2D eigenvalue weighted by Gasteiger charge is -2.30. The maximum absolute atomic E-state index is 12.0. The highest BCUT2D eigenvalue weighted by Gasteiger charge is 2.35. The van der Waals surface area contributed by atoms with E-state index in [4.69, 9.17) is 14.2 Å². The molecule has 180 valence electrons. The van der Waals surface area contributed by atoms with Crippen molar-refractivity contribution in [3.63, 3.8) is 0 Å². The lowest BCUT2D eigenvalue weighted by atomic mass is 9.92. The lowest BCUT2D eigenvalue weighted by Crippen LogP contribution is -2.42. The summed E-state index contributed by atoms with van der Waals surface area (Å²) in [6.45, 7) is -2.02. The fourth-order valence-electron chi connectivity index (χ4n) is 1.94. The van der Waals surface area contributed by atoms with Gasteiger partial charge in [-0.25, -0.2) is 8.42 Å². The molecule has 0 saturated heterocycles. The van der Waals surface area contributed by atoms with Gasteiger partial charge in [0.2, 0.25) is 15.0 Å². The van der Waals surface area contributed by atoms with Crippen molar-refractivity contribution in [3.05, 3.63) is 0 Å². The van der Waals surface area contributed by atoms with Gasteiger partial charge in [-0.05, 0) is 5.75 Å². The monoisotopic (exact) mass is 520 g/mol. The predicted octanol–water partition coefficient (Wildman–Crippen LogP) is -0.114. The molecule has 0 aliphatic carbocycles. The summed E-state index contributed by atoms with van der Waals surface area (Å²) >= 11 is 11.6. The number of carbonyl (C=O) groups excluding carboxylic acids is 4. The molecule has 0 atom stereocenters. The Balaban J connectivity index is 5.02. The summed E-state index contributed by atoms with van der Waals surface area (Å²) in [5.41, 5.74) is -1.45. The van der Waals surface area contributed by atoms with Crippen LogP contribution in [-0.4, -0.2) is 86.0 Å². The van der Waals surface area contributed by atoms with Crippen molar-refractivity contribution in [1.82, 2.24) is 0 Å². The highest BCUT2D eigenvalue weighted by molar-refractivity contribution is 8.06. The fraction of sp³-hybridized carbons (Fsp3) is 0.765. The molecule has 0 spiro atoms. The highest BCUT2D eigenvalue weighted by Crippen LogP contribution is 2.20. The second-order valence-electron chi connectivity index (χ2n) is 6.50. The van der Waals surface area contributed by atoms with Gasteiger partial charge >= 0.3 is 17.9 Å². The summed E-state index contributed by atoms with van der Waals surface area (Å²) in [6.07, 6.45) is -0.867. The van der Waals surface area contributed by atoms with Gasteiger partial charge in [-0.1, -0.05) is 0 Å². The molecule has 1 N–H and O–H groups in total. The minimum atomic E-state index is -4.12. The standard InChI is InChI=1S/C17H28O10S4/c18-9-17(10-25-13(19)1-5-28,11-26-14(20)2-6-29)12-27-15(21)4-8-31(23,24)16(22)3-7-30/h18,28-30H,1-12H2. The van der Waals surface area contributed by atoms with Gasteiger partial charge in [-0.15, -0.1) is 0 Å². The van der Waals surface area contributed by atoms with Crippen LogP contribution in [0.2, 0.25) is 0 Å². The molecule has 0 rings (SSSR count). The van der Waals surface area contributed by atoms with Crippen molar-refractivity contribution in [2.24, 2.45) is 5.41 Å². The molecule has 0 fully saturated rings. The van der Waals surface area contributed by atoms with Crippen LogP contribution in [0.25, 0.3) is 0 Å². The van der Waals surface area contributed by atoms with E-state index in [0.29, 0.717) is 0 Å². The number of hydrogen-bond donors (Lipinski definition) is 4. The molecular formula is C17H28O10S4. The van der Waals surface area contributed by atoms with E-state index < -0.39 is 76.9 Å². The first-order valence-electron chi connectivity index (χ1n) is 9.21. The zero-order valence-electron chi connectivity index (χ0n) is 16.9. The van der Waals surface area contributed by atoms with Crippen LogP contribution in [0.3, 0.4) is 0 Å². The predicted molar refractivity (Wildman–Crippen MR) is 121 cm³/mol. The van der Waals surface area contributed by atoms with Crippen LogP contribution in [0, 0.1) is 5.41 Å². The number of thiol groups is 3. The number of aliphatic hydroxyl groups is 1. The fourth-order valence-corrected chi connectivity index (χ4v) is 3.74. The van der Waals surface area contributed by atoms with Gasteiger partial charge in [-0.2, -0.15) is 37.9 Å². The topological polar surface area (TPSA) is 150 Å². The normalized spacial score (nSPS) is 11.6. The number of ether oxygens (including phenoxy) is 3. The summed E-state index contributed by atoms with van der Waals surface area (Å²) in [4.78, 5) is 46.8. The van der Waals surface area contributed by atoms with Gasteiger partial charge in [0, 0.05) is 17.9 Å². The smallest absolute Gasteiger partial charge is 0.306 e. The molecule has 0 saturated carbocycles. The van der Waals surface area contributed by atoms with Gasteiger partial charge in [0.05, 0.1) is 37.0 Å². The van der Waals surface area contributed by atoms with E-state index in [1.54, 1.807) is 0 Å². The van der Waals surface area contributed by atoms with Crippen LogP contribution in [0.4, 0.5) is 0 Å². The molecule has 0 radical (unpaired) electrons. The van der Waals surface area contributed by atoms with E-state index in [0.717, 1.165) is 0 Å². The molecule has 0 aliphatic rings. The van der Waals surface area contributed by atoms with E-state index >= 15 is 0 Å². The van der Waals surface area contributed by atoms with Crippen LogP contribution in [-0.2, 0) is 43.2 Å². The minimum absolute atomic E-state index is 0.00200. The second-order valence-corrected chi connectivity index (χ2v) is 9.94. The van der Waals surface area contributed by atoms with Crippen LogP contribution in [0.5, 0.6) is 0 Å². The molecule has 31 heavy (non-hydrogen) atoms. The molecule has 0 aliphatic heterocycles. The minimum Gasteiger partial charge on any atom is -0.465 e. The van der Waals surface area contributed by atoms with Crippen molar-refractivity contribution in [1.29, 1.82) is 0 Å². The van der Waals surface area contributed by atoms with E-state index in [-0.39, 0.29) is 36.5 Å². The Morgan fingerprint density at radius 3 is 1.45 bits per heavy atom.